The Balaban J connectivity index is 1.57. The average molecular weight is 359 g/mol. The molecule has 1 saturated carbocycles. The highest BCUT2D eigenvalue weighted by Crippen LogP contribution is 2.39. The van der Waals surface area contributed by atoms with Gasteiger partial charge in [0.15, 0.2) is 5.16 Å². The molecule has 1 fully saturated rings. The quantitative estimate of drug-likeness (QED) is 0.629. The van der Waals surface area contributed by atoms with Crippen molar-refractivity contribution in [3.63, 3.8) is 0 Å². The molecule has 1 aromatic heterocycles. The maximum Gasteiger partial charge on any atom is 0.234 e. The monoisotopic (exact) mass is 359 g/mol. The van der Waals surface area contributed by atoms with E-state index in [9.17, 15) is 4.79 Å². The highest BCUT2D eigenvalue weighted by atomic mass is 32.2. The molecule has 3 rings (SSSR count). The number of hydrogen-bond acceptors (Lipinski definition) is 6. The molecule has 0 unspecified atom stereocenters. The first-order valence-electron chi connectivity index (χ1n) is 7.57. The Morgan fingerprint density at radius 2 is 2.25 bits per heavy atom. The van der Waals surface area contributed by atoms with E-state index in [0.717, 1.165) is 38.9 Å². The first-order chi connectivity index (χ1) is 11.6. The van der Waals surface area contributed by atoms with Crippen LogP contribution in [0.4, 0.5) is 5.69 Å². The number of aryl methyl sites for hydroxylation is 1. The summed E-state index contributed by atoms with van der Waals surface area (Å²) in [6.45, 7) is 1.91. The van der Waals surface area contributed by atoms with Crippen LogP contribution in [-0.4, -0.2) is 26.4 Å². The van der Waals surface area contributed by atoms with Crippen molar-refractivity contribution < 1.29 is 4.79 Å². The van der Waals surface area contributed by atoms with Gasteiger partial charge in [0.1, 0.15) is 11.2 Å². The third kappa shape index (κ3) is 3.91. The van der Waals surface area contributed by atoms with Crippen LogP contribution in [0, 0.1) is 17.6 Å². The first kappa shape index (κ1) is 16.9. The van der Waals surface area contributed by atoms with E-state index < -0.39 is 0 Å². The molecule has 2 aromatic rings. The molecule has 1 N–H and O–H groups in total. The molecular weight excluding hydrogens is 342 g/mol. The van der Waals surface area contributed by atoms with Gasteiger partial charge < -0.3 is 9.88 Å². The summed E-state index contributed by atoms with van der Waals surface area (Å²) in [6.07, 6.45) is 2.35. The van der Waals surface area contributed by atoms with E-state index in [1.165, 1.54) is 24.6 Å². The summed E-state index contributed by atoms with van der Waals surface area (Å²) in [5.41, 5.74) is 1.70. The normalized spacial score (nSPS) is 13.5. The Kier molecular flexibility index (Phi) is 5.11. The van der Waals surface area contributed by atoms with E-state index in [0.29, 0.717) is 5.92 Å². The number of thiocyanates is 1. The van der Waals surface area contributed by atoms with E-state index in [-0.39, 0.29) is 11.7 Å². The Hall–Kier alpha value is -1.98. The van der Waals surface area contributed by atoms with Crippen LogP contribution in [0.15, 0.2) is 28.3 Å². The molecule has 0 radical (unpaired) electrons. The number of nitrogens with one attached hydrogen (secondary N) is 1. The van der Waals surface area contributed by atoms with Crippen molar-refractivity contribution >= 4 is 35.1 Å². The van der Waals surface area contributed by atoms with Gasteiger partial charge in [0, 0.05) is 23.5 Å². The lowest BCUT2D eigenvalue weighted by molar-refractivity contribution is -0.113. The zero-order valence-corrected chi connectivity index (χ0v) is 15.1. The number of aromatic nitrogens is 3. The van der Waals surface area contributed by atoms with Crippen molar-refractivity contribution in [3.05, 3.63) is 29.6 Å². The van der Waals surface area contributed by atoms with Crippen molar-refractivity contribution in [2.75, 3.05) is 11.1 Å². The molecule has 24 heavy (non-hydrogen) atoms. The number of nitriles is 1. The van der Waals surface area contributed by atoms with Gasteiger partial charge in [-0.1, -0.05) is 11.8 Å². The van der Waals surface area contributed by atoms with Gasteiger partial charge in [-0.05, 0) is 55.3 Å². The van der Waals surface area contributed by atoms with E-state index in [1.54, 1.807) is 0 Å². The van der Waals surface area contributed by atoms with E-state index in [1.807, 2.05) is 42.1 Å². The summed E-state index contributed by atoms with van der Waals surface area (Å²) < 4.78 is 1.98. The highest BCUT2D eigenvalue weighted by Gasteiger charge is 2.29. The van der Waals surface area contributed by atoms with Crippen LogP contribution < -0.4 is 5.32 Å². The lowest BCUT2D eigenvalue weighted by Gasteiger charge is -2.09. The summed E-state index contributed by atoms with van der Waals surface area (Å²) in [6, 6.07) is 5.54. The molecule has 0 saturated heterocycles. The number of thioether (sulfide) groups is 2. The number of carbonyl (C=O) groups is 1. The molecule has 1 aromatic carbocycles. The van der Waals surface area contributed by atoms with Gasteiger partial charge in [-0.25, -0.2) is 0 Å². The van der Waals surface area contributed by atoms with Crippen LogP contribution in [0.3, 0.4) is 0 Å². The Labute approximate surface area is 149 Å². The number of hydrogen-bond donors (Lipinski definition) is 1. The zero-order chi connectivity index (χ0) is 17.1. The number of nitrogens with zero attached hydrogens (tertiary/aromatic N) is 4. The molecule has 1 aliphatic rings. The van der Waals surface area contributed by atoms with Crippen LogP contribution in [0.2, 0.25) is 0 Å². The van der Waals surface area contributed by atoms with Crippen molar-refractivity contribution in [1.82, 2.24) is 14.8 Å². The number of benzene rings is 1. The fourth-order valence-electron chi connectivity index (χ4n) is 2.36. The number of rotatable bonds is 6. The minimum Gasteiger partial charge on any atom is -0.325 e. The molecule has 0 atom stereocenters. The maximum absolute atomic E-state index is 12.2. The van der Waals surface area contributed by atoms with Crippen molar-refractivity contribution in [2.45, 2.75) is 35.7 Å². The van der Waals surface area contributed by atoms with E-state index in [2.05, 4.69) is 15.5 Å². The van der Waals surface area contributed by atoms with Gasteiger partial charge in [0.25, 0.3) is 0 Å². The van der Waals surface area contributed by atoms with E-state index in [4.69, 9.17) is 5.26 Å². The molecule has 0 spiro atoms. The fraction of sp³-hybridized carbons (Fsp3) is 0.375. The van der Waals surface area contributed by atoms with Crippen LogP contribution >= 0.6 is 23.5 Å². The van der Waals surface area contributed by atoms with Gasteiger partial charge >= 0.3 is 0 Å². The van der Waals surface area contributed by atoms with Gasteiger partial charge in [0.2, 0.25) is 5.91 Å². The van der Waals surface area contributed by atoms with Gasteiger partial charge in [-0.2, -0.15) is 5.26 Å². The topological polar surface area (TPSA) is 83.6 Å². The zero-order valence-electron chi connectivity index (χ0n) is 13.4. The van der Waals surface area contributed by atoms with Crippen molar-refractivity contribution in [2.24, 2.45) is 7.05 Å². The SMILES string of the molecule is Cc1cc(SC#N)ccc1NC(=O)CSc1nnc(C2CC2)n1C. The second-order valence-corrected chi connectivity index (χ2v) is 7.48. The van der Waals surface area contributed by atoms with Gasteiger partial charge in [-0.15, -0.1) is 10.2 Å². The highest BCUT2D eigenvalue weighted by molar-refractivity contribution is 8.03. The summed E-state index contributed by atoms with van der Waals surface area (Å²) in [4.78, 5) is 13.0. The summed E-state index contributed by atoms with van der Waals surface area (Å²) >= 11 is 2.49. The molecule has 0 bridgehead atoms. The summed E-state index contributed by atoms with van der Waals surface area (Å²) in [5.74, 6) is 1.75. The minimum atomic E-state index is -0.0836. The van der Waals surface area contributed by atoms with Crippen LogP contribution in [0.5, 0.6) is 0 Å². The number of amides is 1. The first-order valence-corrected chi connectivity index (χ1v) is 9.37. The molecule has 8 heteroatoms. The van der Waals surface area contributed by atoms with Gasteiger partial charge in [0.05, 0.1) is 5.75 Å². The molecular formula is C16H17N5OS2. The predicted octanol–water partition coefficient (Wildman–Crippen LogP) is 3.30. The lowest BCUT2D eigenvalue weighted by Crippen LogP contribution is -2.15. The predicted molar refractivity (Wildman–Crippen MR) is 95.0 cm³/mol. The summed E-state index contributed by atoms with van der Waals surface area (Å²) in [5, 5.41) is 22.8. The van der Waals surface area contributed by atoms with Gasteiger partial charge in [-0.3, -0.25) is 4.79 Å². The smallest absolute Gasteiger partial charge is 0.234 e. The second-order valence-electron chi connectivity index (χ2n) is 5.68. The van der Waals surface area contributed by atoms with E-state index >= 15 is 0 Å². The number of anilines is 1. The van der Waals surface area contributed by atoms with Crippen LogP contribution in [-0.2, 0) is 11.8 Å². The standard InChI is InChI=1S/C16H17N5OS2/c1-10-7-12(24-9-17)5-6-13(10)18-14(22)8-23-16-20-19-15(21(16)2)11-3-4-11/h5-7,11H,3-4,8H2,1-2H3,(H,18,22). The fourth-order valence-corrected chi connectivity index (χ4v) is 3.55. The molecule has 1 amide bonds. The van der Waals surface area contributed by atoms with Crippen molar-refractivity contribution in [3.8, 4) is 5.40 Å². The summed E-state index contributed by atoms with van der Waals surface area (Å²) in [7, 11) is 1.95. The second kappa shape index (κ2) is 7.28. The Morgan fingerprint density at radius 3 is 2.92 bits per heavy atom. The third-order valence-corrected chi connectivity index (χ3v) is 5.38. The molecule has 6 nitrogen and oxygen atoms in total. The molecule has 0 aliphatic heterocycles. The Morgan fingerprint density at radius 1 is 1.46 bits per heavy atom. The minimum absolute atomic E-state index is 0.0836. The molecule has 1 aliphatic carbocycles. The van der Waals surface area contributed by atoms with Crippen LogP contribution in [0.1, 0.15) is 30.1 Å². The average Bonchev–Trinajstić information content (AvgIpc) is 3.32. The lowest BCUT2D eigenvalue weighted by atomic mass is 10.2. The molecule has 1 heterocycles. The Bertz CT molecular complexity index is 807. The van der Waals surface area contributed by atoms with Crippen LogP contribution in [0.25, 0.3) is 0 Å². The van der Waals surface area contributed by atoms with Crippen molar-refractivity contribution in [1.29, 1.82) is 5.26 Å². The molecule has 124 valence electrons. The maximum atomic E-state index is 12.2. The largest absolute Gasteiger partial charge is 0.325 e. The third-order valence-electron chi connectivity index (χ3n) is 3.78. The number of carbonyl (C=O) groups excluding carboxylic acids is 1.